The summed E-state index contributed by atoms with van der Waals surface area (Å²) in [6.07, 6.45) is 5.35. The van der Waals surface area contributed by atoms with Gasteiger partial charge in [-0.05, 0) is 31.4 Å². The van der Waals surface area contributed by atoms with Crippen molar-refractivity contribution in [2.75, 3.05) is 7.05 Å². The Hall–Kier alpha value is -0.820. The summed E-state index contributed by atoms with van der Waals surface area (Å²) in [5.74, 6) is 0.735. The number of nitrogens with one attached hydrogen (secondary N) is 1. The summed E-state index contributed by atoms with van der Waals surface area (Å²) < 4.78 is 0. The van der Waals surface area contributed by atoms with Crippen molar-refractivity contribution in [2.45, 2.75) is 38.1 Å². The second kappa shape index (κ2) is 4.36. The first-order valence-electron chi connectivity index (χ1n) is 6.04. The fraction of sp³-hybridized carbons (Fsp3) is 0.571. The first-order valence-corrected chi connectivity index (χ1v) is 6.04. The summed E-state index contributed by atoms with van der Waals surface area (Å²) in [6, 6.07) is 10.9. The topological polar surface area (TPSA) is 12.0 Å². The molecule has 82 valence electrons. The molecule has 1 aliphatic rings. The van der Waals surface area contributed by atoms with Crippen LogP contribution in [0.25, 0.3) is 0 Å². The van der Waals surface area contributed by atoms with Gasteiger partial charge in [-0.25, -0.2) is 0 Å². The van der Waals surface area contributed by atoms with Crippen molar-refractivity contribution in [1.82, 2.24) is 5.32 Å². The van der Waals surface area contributed by atoms with Gasteiger partial charge in [0, 0.05) is 5.54 Å². The lowest BCUT2D eigenvalue weighted by molar-refractivity contribution is 0.165. The molecular formula is C14H21N. The van der Waals surface area contributed by atoms with Crippen molar-refractivity contribution >= 4 is 0 Å². The van der Waals surface area contributed by atoms with Gasteiger partial charge in [0.05, 0.1) is 0 Å². The predicted octanol–water partition coefficient (Wildman–Crippen LogP) is 3.31. The van der Waals surface area contributed by atoms with E-state index in [1.165, 1.54) is 31.2 Å². The molecule has 0 aliphatic heterocycles. The number of rotatable bonds is 2. The van der Waals surface area contributed by atoms with E-state index in [0.29, 0.717) is 0 Å². The third-order valence-electron chi connectivity index (χ3n) is 4.03. The molecule has 1 nitrogen and oxygen atoms in total. The van der Waals surface area contributed by atoms with Gasteiger partial charge in [0.15, 0.2) is 0 Å². The second-order valence-electron chi connectivity index (χ2n) is 4.73. The fourth-order valence-electron chi connectivity index (χ4n) is 3.03. The standard InChI is InChI=1S/C14H21N/c1-12-8-6-7-11-14(12,15-2)13-9-4-3-5-10-13/h3-5,9-10,12,15H,6-8,11H2,1-2H3/t12-,14+/m1/s1. The Kier molecular flexibility index (Phi) is 3.11. The predicted molar refractivity (Wildman–Crippen MR) is 64.8 cm³/mol. The first-order chi connectivity index (χ1) is 7.29. The van der Waals surface area contributed by atoms with Crippen LogP contribution >= 0.6 is 0 Å². The molecule has 1 N–H and O–H groups in total. The highest BCUT2D eigenvalue weighted by molar-refractivity contribution is 5.26. The Balaban J connectivity index is 2.35. The average Bonchev–Trinajstić information content (AvgIpc) is 2.31. The minimum absolute atomic E-state index is 0.222. The van der Waals surface area contributed by atoms with Gasteiger partial charge in [-0.1, -0.05) is 50.1 Å². The zero-order valence-corrected chi connectivity index (χ0v) is 9.79. The molecule has 0 radical (unpaired) electrons. The van der Waals surface area contributed by atoms with Crippen LogP contribution in [-0.2, 0) is 5.54 Å². The normalized spacial score (nSPS) is 31.5. The maximum absolute atomic E-state index is 3.58. The molecule has 0 amide bonds. The molecule has 1 heteroatoms. The minimum Gasteiger partial charge on any atom is -0.310 e. The van der Waals surface area contributed by atoms with Gasteiger partial charge >= 0.3 is 0 Å². The summed E-state index contributed by atoms with van der Waals surface area (Å²) in [6.45, 7) is 2.38. The number of hydrogen-bond acceptors (Lipinski definition) is 1. The third-order valence-corrected chi connectivity index (χ3v) is 4.03. The molecule has 0 spiro atoms. The summed E-state index contributed by atoms with van der Waals surface area (Å²) >= 11 is 0. The largest absolute Gasteiger partial charge is 0.310 e. The van der Waals surface area contributed by atoms with Crippen LogP contribution in [0.5, 0.6) is 0 Å². The maximum Gasteiger partial charge on any atom is 0.0458 e. The van der Waals surface area contributed by atoms with Crippen molar-refractivity contribution in [3.63, 3.8) is 0 Å². The van der Waals surface area contributed by atoms with E-state index in [9.17, 15) is 0 Å². The summed E-state index contributed by atoms with van der Waals surface area (Å²) in [5.41, 5.74) is 1.68. The van der Waals surface area contributed by atoms with Crippen LogP contribution in [-0.4, -0.2) is 7.05 Å². The van der Waals surface area contributed by atoms with Gasteiger partial charge in [0.2, 0.25) is 0 Å². The van der Waals surface area contributed by atoms with E-state index in [1.807, 2.05) is 0 Å². The molecule has 1 aromatic rings. The molecule has 2 rings (SSSR count). The van der Waals surface area contributed by atoms with Gasteiger partial charge in [-0.15, -0.1) is 0 Å². The summed E-state index contributed by atoms with van der Waals surface area (Å²) in [4.78, 5) is 0. The lowest BCUT2D eigenvalue weighted by Gasteiger charge is -2.43. The van der Waals surface area contributed by atoms with Gasteiger partial charge < -0.3 is 5.32 Å². The molecule has 0 aromatic heterocycles. The minimum atomic E-state index is 0.222. The smallest absolute Gasteiger partial charge is 0.0458 e. The molecular weight excluding hydrogens is 182 g/mol. The Bertz CT molecular complexity index is 306. The maximum atomic E-state index is 3.58. The molecule has 1 aliphatic carbocycles. The highest BCUT2D eigenvalue weighted by Crippen LogP contribution is 2.40. The van der Waals surface area contributed by atoms with Crippen LogP contribution in [0.4, 0.5) is 0 Å². The molecule has 0 heterocycles. The highest BCUT2D eigenvalue weighted by atomic mass is 15.0. The zero-order chi connectivity index (χ0) is 10.7. The lowest BCUT2D eigenvalue weighted by atomic mass is 9.70. The molecule has 1 saturated carbocycles. The van der Waals surface area contributed by atoms with Crippen LogP contribution < -0.4 is 5.32 Å². The Morgan fingerprint density at radius 3 is 2.53 bits per heavy atom. The van der Waals surface area contributed by atoms with Crippen LogP contribution in [0, 0.1) is 5.92 Å². The Labute approximate surface area is 92.9 Å². The lowest BCUT2D eigenvalue weighted by Crippen LogP contribution is -2.47. The van der Waals surface area contributed by atoms with Crippen molar-refractivity contribution in [2.24, 2.45) is 5.92 Å². The fourth-order valence-corrected chi connectivity index (χ4v) is 3.03. The van der Waals surface area contributed by atoms with E-state index in [0.717, 1.165) is 5.92 Å². The van der Waals surface area contributed by atoms with Crippen molar-refractivity contribution in [3.05, 3.63) is 35.9 Å². The first kappa shape index (κ1) is 10.7. The molecule has 0 bridgehead atoms. The van der Waals surface area contributed by atoms with E-state index in [-0.39, 0.29) is 5.54 Å². The van der Waals surface area contributed by atoms with E-state index >= 15 is 0 Å². The van der Waals surface area contributed by atoms with E-state index in [2.05, 4.69) is 49.6 Å². The molecule has 1 fully saturated rings. The highest BCUT2D eigenvalue weighted by Gasteiger charge is 2.37. The number of hydrogen-bond donors (Lipinski definition) is 1. The van der Waals surface area contributed by atoms with Crippen LogP contribution in [0.3, 0.4) is 0 Å². The van der Waals surface area contributed by atoms with Crippen molar-refractivity contribution in [3.8, 4) is 0 Å². The van der Waals surface area contributed by atoms with Gasteiger partial charge in [0.1, 0.15) is 0 Å². The van der Waals surface area contributed by atoms with Gasteiger partial charge in [0.25, 0.3) is 0 Å². The molecule has 0 unspecified atom stereocenters. The third kappa shape index (κ3) is 1.81. The second-order valence-corrected chi connectivity index (χ2v) is 4.73. The zero-order valence-electron chi connectivity index (χ0n) is 9.79. The van der Waals surface area contributed by atoms with Crippen LogP contribution in [0.1, 0.15) is 38.2 Å². The van der Waals surface area contributed by atoms with E-state index < -0.39 is 0 Å². The van der Waals surface area contributed by atoms with Gasteiger partial charge in [-0.3, -0.25) is 0 Å². The van der Waals surface area contributed by atoms with Crippen molar-refractivity contribution in [1.29, 1.82) is 0 Å². The average molecular weight is 203 g/mol. The Morgan fingerprint density at radius 2 is 1.93 bits per heavy atom. The van der Waals surface area contributed by atoms with Gasteiger partial charge in [-0.2, -0.15) is 0 Å². The summed E-state index contributed by atoms with van der Waals surface area (Å²) in [5, 5.41) is 3.58. The quantitative estimate of drug-likeness (QED) is 0.777. The van der Waals surface area contributed by atoms with Crippen LogP contribution in [0.15, 0.2) is 30.3 Å². The van der Waals surface area contributed by atoms with Crippen LogP contribution in [0.2, 0.25) is 0 Å². The molecule has 15 heavy (non-hydrogen) atoms. The molecule has 2 atom stereocenters. The Morgan fingerprint density at radius 1 is 1.20 bits per heavy atom. The van der Waals surface area contributed by atoms with E-state index in [1.54, 1.807) is 0 Å². The number of benzene rings is 1. The van der Waals surface area contributed by atoms with E-state index in [4.69, 9.17) is 0 Å². The van der Waals surface area contributed by atoms with Crippen molar-refractivity contribution < 1.29 is 0 Å². The molecule has 1 aromatic carbocycles. The molecule has 0 saturated heterocycles. The monoisotopic (exact) mass is 203 g/mol. The SMILES string of the molecule is CN[C@@]1(c2ccccc2)CCCC[C@H]1C. The summed E-state index contributed by atoms with van der Waals surface area (Å²) in [7, 11) is 2.11.